The van der Waals surface area contributed by atoms with Gasteiger partial charge in [-0.3, -0.25) is 0 Å². The van der Waals surface area contributed by atoms with Gasteiger partial charge in [0, 0.05) is 38.6 Å². The maximum Gasteiger partial charge on any atom is 0.327 e. The second kappa shape index (κ2) is 10.4. The molecule has 0 unspecified atom stereocenters. The summed E-state index contributed by atoms with van der Waals surface area (Å²) < 4.78 is 18.3. The number of unbranched alkanes of at least 4 members (excludes halogenated alkanes) is 1. The lowest BCUT2D eigenvalue weighted by atomic mass is 10.2. The van der Waals surface area contributed by atoms with Crippen molar-refractivity contribution in [2.24, 2.45) is 0 Å². The van der Waals surface area contributed by atoms with E-state index in [1.54, 1.807) is 19.4 Å². The Kier molecular flexibility index (Phi) is 7.94. The summed E-state index contributed by atoms with van der Waals surface area (Å²) in [6.45, 7) is 5.09. The molecule has 2 aromatic rings. The van der Waals surface area contributed by atoms with Crippen molar-refractivity contribution in [1.82, 2.24) is 15.3 Å². The molecule has 1 aromatic heterocycles. The molecule has 2 N–H and O–H groups in total. The number of ether oxygens (including phenoxy) is 1. The van der Waals surface area contributed by atoms with Gasteiger partial charge in [0.15, 0.2) is 0 Å². The summed E-state index contributed by atoms with van der Waals surface area (Å²) in [7, 11) is 1.65. The number of carbonyl (C=O) groups is 1. The molecule has 1 heterocycles. The molecule has 8 heteroatoms. The molecule has 146 valence electrons. The number of rotatable bonds is 9. The van der Waals surface area contributed by atoms with Crippen molar-refractivity contribution in [3.05, 3.63) is 42.3 Å². The molecular formula is C19H26FN5O2. The summed E-state index contributed by atoms with van der Waals surface area (Å²) in [6, 6.07) is 7.14. The van der Waals surface area contributed by atoms with Gasteiger partial charge in [-0.15, -0.1) is 0 Å². The van der Waals surface area contributed by atoms with Crippen LogP contribution in [-0.4, -0.2) is 42.3 Å². The average Bonchev–Trinajstić information content (AvgIpc) is 2.63. The number of hydrogen-bond donors (Lipinski definition) is 2. The third-order valence-electron chi connectivity index (χ3n) is 3.63. The SMILES string of the molecule is COCCCCNC(=O)N(c1ccc(F)cc1)c1ccnc(NC(C)C)n1. The molecule has 0 atom stereocenters. The molecule has 0 aliphatic carbocycles. The van der Waals surface area contributed by atoms with Gasteiger partial charge in [0.05, 0.1) is 5.69 Å². The van der Waals surface area contributed by atoms with Crippen molar-refractivity contribution >= 4 is 23.5 Å². The zero-order valence-corrected chi connectivity index (χ0v) is 15.9. The van der Waals surface area contributed by atoms with Crippen LogP contribution in [0.5, 0.6) is 0 Å². The minimum Gasteiger partial charge on any atom is -0.385 e. The maximum absolute atomic E-state index is 13.3. The Morgan fingerprint density at radius 1 is 1.22 bits per heavy atom. The van der Waals surface area contributed by atoms with Gasteiger partial charge < -0.3 is 15.4 Å². The second-order valence-electron chi connectivity index (χ2n) is 6.28. The Morgan fingerprint density at radius 2 is 1.96 bits per heavy atom. The molecule has 0 saturated heterocycles. The molecule has 0 bridgehead atoms. The van der Waals surface area contributed by atoms with E-state index in [9.17, 15) is 9.18 Å². The Bertz CT molecular complexity index is 724. The topological polar surface area (TPSA) is 79.4 Å². The normalized spacial score (nSPS) is 10.7. The van der Waals surface area contributed by atoms with Crippen LogP contribution in [0.15, 0.2) is 36.5 Å². The second-order valence-corrected chi connectivity index (χ2v) is 6.28. The fraction of sp³-hybridized carbons (Fsp3) is 0.421. The number of urea groups is 1. The van der Waals surface area contributed by atoms with Gasteiger partial charge in [-0.2, -0.15) is 4.98 Å². The molecular weight excluding hydrogens is 349 g/mol. The van der Waals surface area contributed by atoms with Gasteiger partial charge in [0.1, 0.15) is 11.6 Å². The van der Waals surface area contributed by atoms with Gasteiger partial charge >= 0.3 is 6.03 Å². The molecule has 0 radical (unpaired) electrons. The van der Waals surface area contributed by atoms with E-state index in [1.807, 2.05) is 13.8 Å². The lowest BCUT2D eigenvalue weighted by Crippen LogP contribution is -2.38. The number of methoxy groups -OCH3 is 1. The van der Waals surface area contributed by atoms with Crippen LogP contribution in [0.3, 0.4) is 0 Å². The largest absolute Gasteiger partial charge is 0.385 e. The van der Waals surface area contributed by atoms with Gasteiger partial charge in [-0.1, -0.05) is 0 Å². The highest BCUT2D eigenvalue weighted by atomic mass is 19.1. The fourth-order valence-electron chi connectivity index (χ4n) is 2.39. The van der Waals surface area contributed by atoms with Crippen LogP contribution in [-0.2, 0) is 4.74 Å². The van der Waals surface area contributed by atoms with Gasteiger partial charge in [-0.05, 0) is 51.0 Å². The molecule has 0 spiro atoms. The summed E-state index contributed by atoms with van der Waals surface area (Å²) in [6.07, 6.45) is 3.22. The average molecular weight is 375 g/mol. The predicted octanol–water partition coefficient (Wildman–Crippen LogP) is 3.71. The smallest absolute Gasteiger partial charge is 0.327 e. The van der Waals surface area contributed by atoms with Crippen LogP contribution in [0, 0.1) is 5.82 Å². The number of aromatic nitrogens is 2. The van der Waals surface area contributed by atoms with Crippen LogP contribution in [0.4, 0.5) is 26.6 Å². The molecule has 2 rings (SSSR count). The van der Waals surface area contributed by atoms with E-state index in [2.05, 4.69) is 20.6 Å². The van der Waals surface area contributed by atoms with Crippen LogP contribution < -0.4 is 15.5 Å². The standard InChI is InChI=1S/C19H26FN5O2/c1-14(2)23-18-21-12-10-17(24-18)25(16-8-6-15(20)7-9-16)19(26)22-11-4-5-13-27-3/h6-10,12,14H,4-5,11,13H2,1-3H3,(H,22,26)(H,21,23,24). The summed E-state index contributed by atoms with van der Waals surface area (Å²) in [4.78, 5) is 22.8. The lowest BCUT2D eigenvalue weighted by molar-refractivity contribution is 0.192. The first-order valence-corrected chi connectivity index (χ1v) is 8.93. The van der Waals surface area contributed by atoms with Crippen LogP contribution in [0.2, 0.25) is 0 Å². The number of nitrogens with zero attached hydrogens (tertiary/aromatic N) is 3. The molecule has 0 aliphatic rings. The van der Waals surface area contributed by atoms with E-state index >= 15 is 0 Å². The molecule has 1 aromatic carbocycles. The van der Waals surface area contributed by atoms with E-state index < -0.39 is 0 Å². The van der Waals surface area contributed by atoms with Crippen molar-refractivity contribution in [3.8, 4) is 0 Å². The van der Waals surface area contributed by atoms with Crippen molar-refractivity contribution in [3.63, 3.8) is 0 Å². The Morgan fingerprint density at radius 3 is 2.63 bits per heavy atom. The highest BCUT2D eigenvalue weighted by molar-refractivity contribution is 5.98. The lowest BCUT2D eigenvalue weighted by Gasteiger charge is -2.23. The number of carbonyl (C=O) groups excluding carboxylic acids is 1. The van der Waals surface area contributed by atoms with E-state index in [0.29, 0.717) is 30.6 Å². The Hall–Kier alpha value is -2.74. The number of hydrogen-bond acceptors (Lipinski definition) is 5. The van der Waals surface area contributed by atoms with E-state index in [0.717, 1.165) is 12.8 Å². The highest BCUT2D eigenvalue weighted by Gasteiger charge is 2.20. The quantitative estimate of drug-likeness (QED) is 0.653. The molecule has 0 aliphatic heterocycles. The highest BCUT2D eigenvalue weighted by Crippen LogP contribution is 2.24. The number of benzene rings is 1. The van der Waals surface area contributed by atoms with Crippen LogP contribution in [0.25, 0.3) is 0 Å². The zero-order chi connectivity index (χ0) is 19.6. The van der Waals surface area contributed by atoms with Crippen molar-refractivity contribution in [2.75, 3.05) is 30.5 Å². The van der Waals surface area contributed by atoms with Crippen molar-refractivity contribution < 1.29 is 13.9 Å². The zero-order valence-electron chi connectivity index (χ0n) is 15.9. The first kappa shape index (κ1) is 20.6. The first-order valence-electron chi connectivity index (χ1n) is 8.93. The molecule has 0 saturated carbocycles. The predicted molar refractivity (Wildman–Crippen MR) is 104 cm³/mol. The van der Waals surface area contributed by atoms with Gasteiger partial charge in [-0.25, -0.2) is 19.1 Å². The number of anilines is 3. The maximum atomic E-state index is 13.3. The van der Waals surface area contributed by atoms with E-state index in [-0.39, 0.29) is 17.9 Å². The van der Waals surface area contributed by atoms with Gasteiger partial charge in [0.25, 0.3) is 0 Å². The Labute approximate surface area is 159 Å². The van der Waals surface area contributed by atoms with Gasteiger partial charge in [0.2, 0.25) is 5.95 Å². The van der Waals surface area contributed by atoms with E-state index in [1.165, 1.54) is 29.2 Å². The minimum atomic E-state index is -0.372. The molecule has 2 amide bonds. The van der Waals surface area contributed by atoms with E-state index in [4.69, 9.17) is 4.74 Å². The number of amides is 2. The van der Waals surface area contributed by atoms with Crippen LogP contribution >= 0.6 is 0 Å². The summed E-state index contributed by atoms with van der Waals surface area (Å²) in [5.41, 5.74) is 0.514. The fourth-order valence-corrected chi connectivity index (χ4v) is 2.39. The number of nitrogens with one attached hydrogen (secondary N) is 2. The molecule has 27 heavy (non-hydrogen) atoms. The minimum absolute atomic E-state index is 0.147. The molecule has 0 fully saturated rings. The molecule has 7 nitrogen and oxygen atoms in total. The summed E-state index contributed by atoms with van der Waals surface area (Å²) >= 11 is 0. The summed E-state index contributed by atoms with van der Waals surface area (Å²) in [5.74, 6) is 0.445. The Balaban J connectivity index is 2.22. The monoisotopic (exact) mass is 375 g/mol. The third kappa shape index (κ3) is 6.49. The number of halogens is 1. The third-order valence-corrected chi connectivity index (χ3v) is 3.63. The van der Waals surface area contributed by atoms with Crippen LogP contribution in [0.1, 0.15) is 26.7 Å². The summed E-state index contributed by atoms with van der Waals surface area (Å²) in [5, 5.41) is 5.98. The first-order chi connectivity index (χ1) is 13.0. The van der Waals surface area contributed by atoms with Crippen molar-refractivity contribution in [2.45, 2.75) is 32.7 Å². The van der Waals surface area contributed by atoms with Crippen molar-refractivity contribution in [1.29, 1.82) is 0 Å².